The number of halogens is 1. The van der Waals surface area contributed by atoms with Gasteiger partial charge >= 0.3 is 0 Å². The Labute approximate surface area is 122 Å². The van der Waals surface area contributed by atoms with Gasteiger partial charge in [-0.3, -0.25) is 0 Å². The SMILES string of the molecule is CC1(CNC2CCOc3ccc(Br)cc32)CCCO1. The summed E-state index contributed by atoms with van der Waals surface area (Å²) in [5.41, 5.74) is 1.26. The van der Waals surface area contributed by atoms with Crippen LogP contribution >= 0.6 is 15.9 Å². The molecule has 1 aromatic carbocycles. The smallest absolute Gasteiger partial charge is 0.124 e. The van der Waals surface area contributed by atoms with E-state index in [0.29, 0.717) is 6.04 Å². The van der Waals surface area contributed by atoms with Crippen LogP contribution in [0.3, 0.4) is 0 Å². The topological polar surface area (TPSA) is 30.5 Å². The Hall–Kier alpha value is -0.580. The van der Waals surface area contributed by atoms with E-state index >= 15 is 0 Å². The molecule has 0 bridgehead atoms. The first-order valence-corrected chi connectivity index (χ1v) is 7.75. The van der Waals surface area contributed by atoms with Crippen LogP contribution in [0, 0.1) is 0 Å². The minimum absolute atomic E-state index is 0.00444. The lowest BCUT2D eigenvalue weighted by Gasteiger charge is -2.31. The van der Waals surface area contributed by atoms with E-state index in [0.717, 1.165) is 42.8 Å². The molecule has 1 aromatic rings. The van der Waals surface area contributed by atoms with Crippen LogP contribution in [0.1, 0.15) is 37.8 Å². The third-order valence-corrected chi connectivity index (χ3v) is 4.53. The van der Waals surface area contributed by atoms with Crippen LogP contribution in [0.15, 0.2) is 22.7 Å². The predicted octanol–water partition coefficient (Wildman–Crippen LogP) is 3.43. The summed E-state index contributed by atoms with van der Waals surface area (Å²) in [5.74, 6) is 1.00. The number of hydrogen-bond acceptors (Lipinski definition) is 3. The summed E-state index contributed by atoms with van der Waals surface area (Å²) in [5, 5.41) is 3.66. The van der Waals surface area contributed by atoms with Gasteiger partial charge in [0, 0.05) is 35.7 Å². The van der Waals surface area contributed by atoms with Gasteiger partial charge in [0.05, 0.1) is 12.2 Å². The second kappa shape index (κ2) is 5.43. The van der Waals surface area contributed by atoms with E-state index in [1.165, 1.54) is 12.0 Å². The van der Waals surface area contributed by atoms with E-state index in [1.807, 2.05) is 12.1 Å². The maximum absolute atomic E-state index is 5.84. The van der Waals surface area contributed by atoms with Crippen molar-refractivity contribution < 1.29 is 9.47 Å². The average Bonchev–Trinajstić information content (AvgIpc) is 2.84. The molecular weight excluding hydrogens is 306 g/mol. The molecule has 0 spiro atoms. The van der Waals surface area contributed by atoms with Crippen LogP contribution in [-0.4, -0.2) is 25.4 Å². The summed E-state index contributed by atoms with van der Waals surface area (Å²) in [6.07, 6.45) is 3.34. The average molecular weight is 326 g/mol. The van der Waals surface area contributed by atoms with E-state index in [4.69, 9.17) is 9.47 Å². The van der Waals surface area contributed by atoms with Crippen molar-refractivity contribution in [2.24, 2.45) is 0 Å². The van der Waals surface area contributed by atoms with Crippen molar-refractivity contribution in [3.63, 3.8) is 0 Å². The minimum atomic E-state index is 0.00444. The van der Waals surface area contributed by atoms with Gasteiger partial charge in [0.2, 0.25) is 0 Å². The lowest BCUT2D eigenvalue weighted by atomic mass is 9.98. The third-order valence-electron chi connectivity index (χ3n) is 4.03. The Kier molecular flexibility index (Phi) is 3.83. The highest BCUT2D eigenvalue weighted by atomic mass is 79.9. The van der Waals surface area contributed by atoms with Crippen LogP contribution < -0.4 is 10.1 Å². The molecule has 4 heteroatoms. The van der Waals surface area contributed by atoms with Gasteiger partial charge in [-0.2, -0.15) is 0 Å². The highest BCUT2D eigenvalue weighted by molar-refractivity contribution is 9.10. The first-order valence-electron chi connectivity index (χ1n) is 6.96. The summed E-state index contributed by atoms with van der Waals surface area (Å²) < 4.78 is 12.7. The highest BCUT2D eigenvalue weighted by Crippen LogP contribution is 2.35. The molecular formula is C15H20BrNO2. The number of fused-ring (bicyclic) bond motifs is 1. The van der Waals surface area contributed by atoms with Crippen LogP contribution in [0.5, 0.6) is 5.75 Å². The van der Waals surface area contributed by atoms with E-state index < -0.39 is 0 Å². The van der Waals surface area contributed by atoms with Gasteiger partial charge in [-0.25, -0.2) is 0 Å². The van der Waals surface area contributed by atoms with Crippen molar-refractivity contribution in [1.29, 1.82) is 0 Å². The Morgan fingerprint density at radius 2 is 2.32 bits per heavy atom. The predicted molar refractivity (Wildman–Crippen MR) is 78.6 cm³/mol. The highest BCUT2D eigenvalue weighted by Gasteiger charge is 2.31. The van der Waals surface area contributed by atoms with Crippen molar-refractivity contribution in [3.8, 4) is 5.75 Å². The van der Waals surface area contributed by atoms with Crippen LogP contribution in [0.4, 0.5) is 0 Å². The molecule has 19 heavy (non-hydrogen) atoms. The van der Waals surface area contributed by atoms with Crippen LogP contribution in [0.25, 0.3) is 0 Å². The molecule has 0 aromatic heterocycles. The molecule has 2 aliphatic rings. The van der Waals surface area contributed by atoms with Crippen molar-refractivity contribution in [3.05, 3.63) is 28.2 Å². The monoisotopic (exact) mass is 325 g/mol. The molecule has 2 aliphatic heterocycles. The zero-order chi connectivity index (χ0) is 13.3. The number of rotatable bonds is 3. The molecule has 0 amide bonds. The number of ether oxygens (including phenoxy) is 2. The maximum atomic E-state index is 5.84. The van der Waals surface area contributed by atoms with Crippen LogP contribution in [0.2, 0.25) is 0 Å². The Balaban J connectivity index is 1.71. The number of benzene rings is 1. The summed E-state index contributed by atoms with van der Waals surface area (Å²) in [6.45, 7) is 4.79. The fourth-order valence-electron chi connectivity index (χ4n) is 2.89. The fourth-order valence-corrected chi connectivity index (χ4v) is 3.27. The van der Waals surface area contributed by atoms with E-state index in [-0.39, 0.29) is 5.60 Å². The lowest BCUT2D eigenvalue weighted by molar-refractivity contribution is 0.0176. The second-order valence-electron chi connectivity index (χ2n) is 5.65. The van der Waals surface area contributed by atoms with Gasteiger partial charge in [-0.05, 0) is 38.0 Å². The van der Waals surface area contributed by atoms with Crippen LogP contribution in [-0.2, 0) is 4.74 Å². The zero-order valence-electron chi connectivity index (χ0n) is 11.2. The molecule has 1 N–H and O–H groups in total. The Bertz CT molecular complexity index is 457. The number of nitrogens with one attached hydrogen (secondary N) is 1. The maximum Gasteiger partial charge on any atom is 0.124 e. The summed E-state index contributed by atoms with van der Waals surface area (Å²) in [4.78, 5) is 0. The van der Waals surface area contributed by atoms with Gasteiger partial charge in [0.15, 0.2) is 0 Å². The molecule has 0 aliphatic carbocycles. The van der Waals surface area contributed by atoms with Gasteiger partial charge < -0.3 is 14.8 Å². The Morgan fingerprint density at radius 1 is 1.42 bits per heavy atom. The fraction of sp³-hybridized carbons (Fsp3) is 0.600. The summed E-state index contributed by atoms with van der Waals surface area (Å²) in [7, 11) is 0. The summed E-state index contributed by atoms with van der Waals surface area (Å²) >= 11 is 3.54. The van der Waals surface area contributed by atoms with Gasteiger partial charge in [0.1, 0.15) is 5.75 Å². The van der Waals surface area contributed by atoms with Gasteiger partial charge in [0.25, 0.3) is 0 Å². The van der Waals surface area contributed by atoms with E-state index in [2.05, 4.69) is 34.2 Å². The zero-order valence-corrected chi connectivity index (χ0v) is 12.8. The van der Waals surface area contributed by atoms with Crippen molar-refractivity contribution >= 4 is 15.9 Å². The molecule has 1 saturated heterocycles. The molecule has 1 fully saturated rings. The molecule has 104 valence electrons. The van der Waals surface area contributed by atoms with E-state index in [9.17, 15) is 0 Å². The van der Waals surface area contributed by atoms with Gasteiger partial charge in [-0.1, -0.05) is 15.9 Å². The molecule has 0 saturated carbocycles. The number of hydrogen-bond donors (Lipinski definition) is 1. The molecule has 2 atom stereocenters. The van der Waals surface area contributed by atoms with Gasteiger partial charge in [-0.15, -0.1) is 0 Å². The van der Waals surface area contributed by atoms with Crippen molar-refractivity contribution in [1.82, 2.24) is 5.32 Å². The minimum Gasteiger partial charge on any atom is -0.493 e. The molecule has 2 unspecified atom stereocenters. The third kappa shape index (κ3) is 2.96. The molecule has 2 heterocycles. The standard InChI is InChI=1S/C15H20BrNO2/c1-15(6-2-7-19-15)10-17-13-5-8-18-14-4-3-11(16)9-12(13)14/h3-4,9,13,17H,2,5-8,10H2,1H3. The van der Waals surface area contributed by atoms with Crippen molar-refractivity contribution in [2.75, 3.05) is 19.8 Å². The molecule has 0 radical (unpaired) electrons. The first kappa shape index (κ1) is 13.4. The normalized spacial score (nSPS) is 29.9. The first-order chi connectivity index (χ1) is 9.16. The Morgan fingerprint density at radius 3 is 3.11 bits per heavy atom. The van der Waals surface area contributed by atoms with Crippen molar-refractivity contribution in [2.45, 2.75) is 37.8 Å². The molecule has 3 rings (SSSR count). The van der Waals surface area contributed by atoms with E-state index in [1.54, 1.807) is 0 Å². The quantitative estimate of drug-likeness (QED) is 0.923. The lowest BCUT2D eigenvalue weighted by Crippen LogP contribution is -2.40. The largest absolute Gasteiger partial charge is 0.493 e. The summed E-state index contributed by atoms with van der Waals surface area (Å²) in [6, 6.07) is 6.59. The molecule has 3 nitrogen and oxygen atoms in total. The second-order valence-corrected chi connectivity index (χ2v) is 6.57.